The Hall–Kier alpha value is -1.73. The van der Waals surface area contributed by atoms with Crippen molar-refractivity contribution >= 4 is 22.5 Å². The first-order valence-corrected chi connectivity index (χ1v) is 9.08. The molecule has 1 fully saturated rings. The van der Waals surface area contributed by atoms with Crippen LogP contribution in [0, 0.1) is 5.41 Å². The Morgan fingerprint density at radius 1 is 1.29 bits per heavy atom. The van der Waals surface area contributed by atoms with E-state index < -0.39 is 0 Å². The predicted molar refractivity (Wildman–Crippen MR) is 95.4 cm³/mol. The Morgan fingerprint density at radius 3 is 2.75 bits per heavy atom. The van der Waals surface area contributed by atoms with E-state index in [0.29, 0.717) is 18.2 Å². The summed E-state index contributed by atoms with van der Waals surface area (Å²) in [5.74, 6) is 1.16. The summed E-state index contributed by atoms with van der Waals surface area (Å²) < 4.78 is 11.1. The third-order valence-corrected chi connectivity index (χ3v) is 5.11. The van der Waals surface area contributed by atoms with Crippen LogP contribution in [-0.4, -0.2) is 41.5 Å². The first-order valence-electron chi connectivity index (χ1n) is 8.20. The summed E-state index contributed by atoms with van der Waals surface area (Å²) in [5.41, 5.74) is 2.27. The molecular weight excluding hydrogens is 324 g/mol. The molecule has 6 nitrogen and oxygen atoms in total. The van der Waals surface area contributed by atoms with E-state index in [1.54, 1.807) is 11.3 Å². The molecule has 3 rings (SSSR count). The van der Waals surface area contributed by atoms with Gasteiger partial charge in [-0.05, 0) is 12.3 Å². The minimum absolute atomic E-state index is 0.0939. The maximum Gasteiger partial charge on any atom is 0.240 e. The number of allylic oxidation sites excluding steroid dienone is 1. The lowest BCUT2D eigenvalue weighted by atomic mass is 9.87. The molecule has 0 saturated carbocycles. The zero-order valence-corrected chi connectivity index (χ0v) is 15.5. The van der Waals surface area contributed by atoms with Crippen LogP contribution in [0.2, 0.25) is 0 Å². The average molecular weight is 348 g/mol. The topological polar surface area (TPSA) is 64.3 Å². The Balaban J connectivity index is 1.66. The number of hydrogen-bond acceptors (Lipinski definition) is 7. The highest BCUT2D eigenvalue weighted by molar-refractivity contribution is 7.13. The fraction of sp³-hybridized carbons (Fsp3) is 0.588. The molecule has 1 aliphatic heterocycles. The van der Waals surface area contributed by atoms with Gasteiger partial charge in [0.1, 0.15) is 0 Å². The standard InChI is InChI=1S/C17H24N4O2S/c1-12(17(2,3)4)9-14-19-20-15(23-14)10-13-11-24-16(18-13)21-5-7-22-8-6-21/h9,11H,5-8,10H2,1-4H3/b12-9-. The molecule has 0 amide bonds. The van der Waals surface area contributed by atoms with E-state index >= 15 is 0 Å². The van der Waals surface area contributed by atoms with Crippen LogP contribution in [0.5, 0.6) is 0 Å². The average Bonchev–Trinajstić information content (AvgIpc) is 3.17. The summed E-state index contributed by atoms with van der Waals surface area (Å²) in [6, 6.07) is 0. The summed E-state index contributed by atoms with van der Waals surface area (Å²) >= 11 is 1.65. The molecule has 0 N–H and O–H groups in total. The predicted octanol–water partition coefficient (Wildman–Crippen LogP) is 3.40. The molecular formula is C17H24N4O2S. The summed E-state index contributed by atoms with van der Waals surface area (Å²) in [5, 5.41) is 11.4. The normalized spacial score (nSPS) is 16.7. The number of ether oxygens (including phenoxy) is 1. The van der Waals surface area contributed by atoms with Crippen LogP contribution >= 0.6 is 11.3 Å². The third kappa shape index (κ3) is 4.21. The molecule has 1 saturated heterocycles. The highest BCUT2D eigenvalue weighted by Crippen LogP contribution is 2.26. The molecule has 2 aromatic heterocycles. The molecule has 0 aromatic carbocycles. The molecule has 0 aliphatic carbocycles. The van der Waals surface area contributed by atoms with E-state index in [1.165, 1.54) is 5.57 Å². The molecule has 24 heavy (non-hydrogen) atoms. The van der Waals surface area contributed by atoms with Gasteiger partial charge in [0.25, 0.3) is 0 Å². The van der Waals surface area contributed by atoms with Crippen LogP contribution in [0.3, 0.4) is 0 Å². The number of thiazole rings is 1. The van der Waals surface area contributed by atoms with Gasteiger partial charge < -0.3 is 14.1 Å². The number of nitrogens with zero attached hydrogens (tertiary/aromatic N) is 4. The van der Waals surface area contributed by atoms with Crippen LogP contribution in [0.25, 0.3) is 6.08 Å². The van der Waals surface area contributed by atoms with Crippen molar-refractivity contribution in [2.45, 2.75) is 34.1 Å². The largest absolute Gasteiger partial charge is 0.421 e. The van der Waals surface area contributed by atoms with Crippen LogP contribution in [-0.2, 0) is 11.2 Å². The second-order valence-corrected chi connectivity index (χ2v) is 7.85. The monoisotopic (exact) mass is 348 g/mol. The Bertz CT molecular complexity index is 708. The summed E-state index contributed by atoms with van der Waals surface area (Å²) in [6.07, 6.45) is 2.52. The minimum atomic E-state index is 0.0939. The molecule has 0 spiro atoms. The molecule has 3 heterocycles. The molecule has 2 aromatic rings. The number of rotatable bonds is 4. The van der Waals surface area contributed by atoms with Crippen LogP contribution in [0.4, 0.5) is 5.13 Å². The molecule has 0 atom stereocenters. The van der Waals surface area contributed by atoms with Gasteiger partial charge in [0.05, 0.1) is 25.3 Å². The lowest BCUT2D eigenvalue weighted by Crippen LogP contribution is -2.36. The van der Waals surface area contributed by atoms with Crippen molar-refractivity contribution in [2.24, 2.45) is 5.41 Å². The molecule has 0 unspecified atom stereocenters. The summed E-state index contributed by atoms with van der Waals surface area (Å²) in [7, 11) is 0. The number of aromatic nitrogens is 3. The smallest absolute Gasteiger partial charge is 0.240 e. The molecule has 7 heteroatoms. The maximum absolute atomic E-state index is 5.74. The van der Waals surface area contributed by atoms with E-state index in [9.17, 15) is 0 Å². The lowest BCUT2D eigenvalue weighted by Gasteiger charge is -2.25. The van der Waals surface area contributed by atoms with E-state index in [0.717, 1.165) is 37.1 Å². The van der Waals surface area contributed by atoms with Crippen molar-refractivity contribution in [3.05, 3.63) is 28.4 Å². The van der Waals surface area contributed by atoms with Gasteiger partial charge in [-0.15, -0.1) is 21.5 Å². The van der Waals surface area contributed by atoms with Gasteiger partial charge in [-0.1, -0.05) is 26.3 Å². The third-order valence-electron chi connectivity index (χ3n) is 4.16. The van der Waals surface area contributed by atoms with Gasteiger partial charge in [0.15, 0.2) is 5.13 Å². The molecule has 130 valence electrons. The van der Waals surface area contributed by atoms with Gasteiger partial charge >= 0.3 is 0 Å². The van der Waals surface area contributed by atoms with Crippen molar-refractivity contribution in [2.75, 3.05) is 31.2 Å². The highest BCUT2D eigenvalue weighted by Gasteiger charge is 2.17. The van der Waals surface area contributed by atoms with Gasteiger partial charge in [0.2, 0.25) is 11.8 Å². The molecule has 1 aliphatic rings. The van der Waals surface area contributed by atoms with Crippen LogP contribution in [0.15, 0.2) is 15.4 Å². The first kappa shape index (κ1) is 17.1. The SMILES string of the molecule is C/C(=C/c1nnc(Cc2csc(N3CCOCC3)n2)o1)C(C)(C)C. The van der Waals surface area contributed by atoms with Crippen LogP contribution in [0.1, 0.15) is 45.2 Å². The Labute approximate surface area is 146 Å². The molecule has 0 bridgehead atoms. The molecule has 0 radical (unpaired) electrons. The van der Waals surface area contributed by atoms with Gasteiger partial charge in [-0.2, -0.15) is 0 Å². The lowest BCUT2D eigenvalue weighted by molar-refractivity contribution is 0.122. The van der Waals surface area contributed by atoms with E-state index in [4.69, 9.17) is 9.15 Å². The van der Waals surface area contributed by atoms with E-state index in [2.05, 4.69) is 53.2 Å². The number of morpholine rings is 1. The fourth-order valence-electron chi connectivity index (χ4n) is 2.23. The summed E-state index contributed by atoms with van der Waals surface area (Å²) in [6.45, 7) is 11.9. The maximum atomic E-state index is 5.74. The van der Waals surface area contributed by atoms with Crippen molar-refractivity contribution in [3.8, 4) is 0 Å². The van der Waals surface area contributed by atoms with Gasteiger partial charge in [-0.25, -0.2) is 4.98 Å². The second kappa shape index (κ2) is 7.03. The van der Waals surface area contributed by atoms with Crippen molar-refractivity contribution in [3.63, 3.8) is 0 Å². The first-order chi connectivity index (χ1) is 11.4. The Morgan fingerprint density at radius 2 is 2.04 bits per heavy atom. The summed E-state index contributed by atoms with van der Waals surface area (Å²) in [4.78, 5) is 6.94. The quantitative estimate of drug-likeness (QED) is 0.844. The highest BCUT2D eigenvalue weighted by atomic mass is 32.1. The van der Waals surface area contributed by atoms with Crippen LogP contribution < -0.4 is 4.90 Å². The number of anilines is 1. The minimum Gasteiger partial charge on any atom is -0.421 e. The van der Waals surface area contributed by atoms with Crippen molar-refractivity contribution < 1.29 is 9.15 Å². The van der Waals surface area contributed by atoms with Gasteiger partial charge in [0, 0.05) is 24.5 Å². The fourth-order valence-corrected chi connectivity index (χ4v) is 3.11. The zero-order valence-electron chi connectivity index (χ0n) is 14.7. The Kier molecular flexibility index (Phi) is 5.01. The van der Waals surface area contributed by atoms with Gasteiger partial charge in [-0.3, -0.25) is 0 Å². The van der Waals surface area contributed by atoms with E-state index in [-0.39, 0.29) is 5.41 Å². The zero-order chi connectivity index (χ0) is 17.2. The van der Waals surface area contributed by atoms with Crippen molar-refractivity contribution in [1.29, 1.82) is 0 Å². The van der Waals surface area contributed by atoms with E-state index in [1.807, 2.05) is 6.08 Å². The van der Waals surface area contributed by atoms with Crippen molar-refractivity contribution in [1.82, 2.24) is 15.2 Å². The number of hydrogen-bond donors (Lipinski definition) is 0. The second-order valence-electron chi connectivity index (χ2n) is 7.01.